The fraction of sp³-hybridized carbons (Fsp3) is 0.250. The van der Waals surface area contributed by atoms with Gasteiger partial charge in [-0.2, -0.15) is 0 Å². The van der Waals surface area contributed by atoms with Crippen LogP contribution in [0.5, 0.6) is 5.88 Å². The average molecular weight is 234 g/mol. The summed E-state index contributed by atoms with van der Waals surface area (Å²) in [4.78, 5) is 5.50. The van der Waals surface area contributed by atoms with Crippen LogP contribution in [0.15, 0.2) is 35.8 Å². The summed E-state index contributed by atoms with van der Waals surface area (Å²) in [7, 11) is 1.62. The van der Waals surface area contributed by atoms with Crippen LogP contribution in [0.25, 0.3) is 0 Å². The maximum absolute atomic E-state index is 5.00. The van der Waals surface area contributed by atoms with Crippen molar-refractivity contribution < 1.29 is 4.74 Å². The molecule has 0 aliphatic heterocycles. The fourth-order valence-corrected chi connectivity index (χ4v) is 2.05. The van der Waals surface area contributed by atoms with Crippen molar-refractivity contribution in [1.29, 1.82) is 0 Å². The number of nitrogens with one attached hydrogen (secondary N) is 1. The third-order valence-corrected chi connectivity index (χ3v) is 3.09. The Morgan fingerprint density at radius 1 is 1.31 bits per heavy atom. The summed E-state index contributed by atoms with van der Waals surface area (Å²) < 4.78 is 5.00. The maximum atomic E-state index is 5.00. The molecule has 0 radical (unpaired) electrons. The van der Waals surface area contributed by atoms with Crippen LogP contribution in [0.4, 0.5) is 0 Å². The molecule has 3 nitrogen and oxygen atoms in total. The molecule has 0 bridgehead atoms. The smallest absolute Gasteiger partial charge is 0.212 e. The quantitative estimate of drug-likeness (QED) is 0.862. The third-order valence-electron chi connectivity index (χ3n) is 2.22. The van der Waals surface area contributed by atoms with E-state index in [9.17, 15) is 0 Å². The van der Waals surface area contributed by atoms with Gasteiger partial charge in [0.15, 0.2) is 0 Å². The molecule has 0 aromatic carbocycles. The summed E-state index contributed by atoms with van der Waals surface area (Å²) in [5, 5.41) is 5.46. The second-order valence-electron chi connectivity index (χ2n) is 3.39. The van der Waals surface area contributed by atoms with E-state index in [1.807, 2.05) is 18.3 Å². The van der Waals surface area contributed by atoms with E-state index in [0.29, 0.717) is 5.88 Å². The highest BCUT2D eigenvalue weighted by Crippen LogP contribution is 2.09. The van der Waals surface area contributed by atoms with Crippen molar-refractivity contribution >= 4 is 11.3 Å². The molecule has 16 heavy (non-hydrogen) atoms. The zero-order valence-electron chi connectivity index (χ0n) is 9.14. The van der Waals surface area contributed by atoms with Crippen molar-refractivity contribution in [1.82, 2.24) is 10.3 Å². The van der Waals surface area contributed by atoms with Gasteiger partial charge in [0, 0.05) is 30.2 Å². The second kappa shape index (κ2) is 5.63. The normalized spacial score (nSPS) is 10.3. The van der Waals surface area contributed by atoms with Crippen LogP contribution < -0.4 is 10.1 Å². The molecular weight excluding hydrogens is 220 g/mol. The summed E-state index contributed by atoms with van der Waals surface area (Å²) in [6, 6.07) is 8.09. The summed E-state index contributed by atoms with van der Waals surface area (Å²) >= 11 is 1.77. The monoisotopic (exact) mass is 234 g/mol. The number of hydrogen-bond donors (Lipinski definition) is 1. The molecule has 0 aliphatic carbocycles. The number of aromatic nitrogens is 1. The second-order valence-corrected chi connectivity index (χ2v) is 4.42. The van der Waals surface area contributed by atoms with Gasteiger partial charge in [-0.15, -0.1) is 11.3 Å². The van der Waals surface area contributed by atoms with Gasteiger partial charge in [-0.05, 0) is 17.0 Å². The van der Waals surface area contributed by atoms with E-state index < -0.39 is 0 Å². The van der Waals surface area contributed by atoms with Crippen LogP contribution in [0.1, 0.15) is 10.4 Å². The van der Waals surface area contributed by atoms with Crippen LogP contribution in [0.2, 0.25) is 0 Å². The molecule has 0 aliphatic rings. The van der Waals surface area contributed by atoms with Crippen molar-refractivity contribution in [3.05, 3.63) is 46.3 Å². The number of hydrogen-bond acceptors (Lipinski definition) is 4. The first-order chi connectivity index (χ1) is 7.88. The van der Waals surface area contributed by atoms with Crippen LogP contribution in [-0.4, -0.2) is 12.1 Å². The predicted molar refractivity (Wildman–Crippen MR) is 65.7 cm³/mol. The minimum Gasteiger partial charge on any atom is -0.481 e. The number of ether oxygens (including phenoxy) is 1. The van der Waals surface area contributed by atoms with Gasteiger partial charge >= 0.3 is 0 Å². The first-order valence-corrected chi connectivity index (χ1v) is 5.98. The van der Waals surface area contributed by atoms with Crippen LogP contribution in [0.3, 0.4) is 0 Å². The highest BCUT2D eigenvalue weighted by Gasteiger charge is 1.96. The number of thiophene rings is 1. The number of pyridine rings is 1. The Kier molecular flexibility index (Phi) is 3.91. The molecular formula is C12H14N2OS. The molecule has 2 rings (SSSR count). The van der Waals surface area contributed by atoms with Gasteiger partial charge in [0.1, 0.15) is 0 Å². The van der Waals surface area contributed by atoms with Crippen molar-refractivity contribution in [2.45, 2.75) is 13.1 Å². The highest BCUT2D eigenvalue weighted by molar-refractivity contribution is 7.09. The van der Waals surface area contributed by atoms with E-state index in [1.165, 1.54) is 4.88 Å². The van der Waals surface area contributed by atoms with Gasteiger partial charge in [0.05, 0.1) is 7.11 Å². The Morgan fingerprint density at radius 2 is 2.25 bits per heavy atom. The summed E-state index contributed by atoms with van der Waals surface area (Å²) in [6.45, 7) is 1.73. The van der Waals surface area contributed by atoms with E-state index >= 15 is 0 Å². The lowest BCUT2D eigenvalue weighted by atomic mass is 10.3. The van der Waals surface area contributed by atoms with Crippen LogP contribution in [-0.2, 0) is 13.1 Å². The standard InChI is InChI=1S/C12H14N2OS/c1-15-12-5-4-10(8-14-12)7-13-9-11-3-2-6-16-11/h2-6,8,13H,7,9H2,1H3. The summed E-state index contributed by atoms with van der Waals surface area (Å²) in [5.74, 6) is 0.655. The van der Waals surface area contributed by atoms with Gasteiger partial charge < -0.3 is 10.1 Å². The lowest BCUT2D eigenvalue weighted by Gasteiger charge is -2.04. The number of methoxy groups -OCH3 is 1. The van der Waals surface area contributed by atoms with Crippen molar-refractivity contribution in [3.8, 4) is 5.88 Å². The molecule has 0 saturated carbocycles. The number of rotatable bonds is 5. The summed E-state index contributed by atoms with van der Waals surface area (Å²) in [6.07, 6.45) is 1.83. The Bertz CT molecular complexity index is 411. The Hall–Kier alpha value is -1.39. The van der Waals surface area contributed by atoms with E-state index in [0.717, 1.165) is 18.7 Å². The molecule has 0 fully saturated rings. The van der Waals surface area contributed by atoms with Crippen molar-refractivity contribution in [3.63, 3.8) is 0 Å². The van der Waals surface area contributed by atoms with Crippen LogP contribution in [0, 0.1) is 0 Å². The van der Waals surface area contributed by atoms with E-state index in [4.69, 9.17) is 4.74 Å². The minimum atomic E-state index is 0.655. The summed E-state index contributed by atoms with van der Waals surface area (Å²) in [5.41, 5.74) is 1.16. The molecule has 0 atom stereocenters. The average Bonchev–Trinajstić information content (AvgIpc) is 2.83. The minimum absolute atomic E-state index is 0.655. The molecule has 0 spiro atoms. The topological polar surface area (TPSA) is 34.1 Å². The molecule has 2 heterocycles. The SMILES string of the molecule is COc1ccc(CNCc2cccs2)cn1. The maximum Gasteiger partial charge on any atom is 0.212 e. The first kappa shape index (κ1) is 11.1. The number of nitrogens with zero attached hydrogens (tertiary/aromatic N) is 1. The molecule has 4 heteroatoms. The molecule has 1 N–H and O–H groups in total. The predicted octanol–water partition coefficient (Wildman–Crippen LogP) is 2.44. The molecule has 2 aromatic rings. The molecule has 0 saturated heterocycles. The van der Waals surface area contributed by atoms with Gasteiger partial charge in [0.25, 0.3) is 0 Å². The highest BCUT2D eigenvalue weighted by atomic mass is 32.1. The van der Waals surface area contributed by atoms with E-state index in [1.54, 1.807) is 18.4 Å². The Morgan fingerprint density at radius 3 is 2.88 bits per heavy atom. The zero-order valence-corrected chi connectivity index (χ0v) is 9.96. The van der Waals surface area contributed by atoms with Gasteiger partial charge in [-0.1, -0.05) is 12.1 Å². The van der Waals surface area contributed by atoms with Crippen molar-refractivity contribution in [2.24, 2.45) is 0 Å². The van der Waals surface area contributed by atoms with Crippen LogP contribution >= 0.6 is 11.3 Å². The van der Waals surface area contributed by atoms with Gasteiger partial charge in [-0.3, -0.25) is 0 Å². The molecule has 2 aromatic heterocycles. The fourth-order valence-electron chi connectivity index (χ4n) is 1.38. The molecule has 0 unspecified atom stereocenters. The van der Waals surface area contributed by atoms with Crippen molar-refractivity contribution in [2.75, 3.05) is 7.11 Å². The Balaban J connectivity index is 1.81. The molecule has 84 valence electrons. The van der Waals surface area contributed by atoms with E-state index in [2.05, 4.69) is 27.8 Å². The first-order valence-electron chi connectivity index (χ1n) is 5.10. The van der Waals surface area contributed by atoms with E-state index in [-0.39, 0.29) is 0 Å². The lowest BCUT2D eigenvalue weighted by molar-refractivity contribution is 0.397. The molecule has 0 amide bonds. The lowest BCUT2D eigenvalue weighted by Crippen LogP contribution is -2.11. The largest absolute Gasteiger partial charge is 0.481 e. The van der Waals surface area contributed by atoms with Gasteiger partial charge in [0.2, 0.25) is 5.88 Å². The zero-order chi connectivity index (χ0) is 11.2. The third kappa shape index (κ3) is 3.05. The van der Waals surface area contributed by atoms with Gasteiger partial charge in [-0.25, -0.2) is 4.98 Å². The Labute approximate surface area is 99.1 Å².